The zero-order valence-electron chi connectivity index (χ0n) is 22.5. The quantitative estimate of drug-likeness (QED) is 0.465. The number of nitrogens with one attached hydrogen (secondary N) is 1. The van der Waals surface area contributed by atoms with Crippen molar-refractivity contribution in [2.45, 2.75) is 51.8 Å². The molecule has 38 heavy (non-hydrogen) atoms. The van der Waals surface area contributed by atoms with Crippen LogP contribution >= 0.6 is 11.8 Å². The van der Waals surface area contributed by atoms with E-state index in [0.717, 1.165) is 31.0 Å². The van der Waals surface area contributed by atoms with Gasteiger partial charge in [0.05, 0.1) is 25.2 Å². The summed E-state index contributed by atoms with van der Waals surface area (Å²) in [6.07, 6.45) is 0.928. The molecule has 6 nitrogen and oxygen atoms in total. The van der Waals surface area contributed by atoms with Gasteiger partial charge in [-0.1, -0.05) is 43.0 Å². The normalized spacial score (nSPS) is 20.1. The number of rotatable bonds is 9. The number of amides is 2. The van der Waals surface area contributed by atoms with Crippen LogP contribution in [0.1, 0.15) is 37.0 Å². The van der Waals surface area contributed by atoms with Gasteiger partial charge in [0.1, 0.15) is 5.82 Å². The van der Waals surface area contributed by atoms with Gasteiger partial charge < -0.3 is 15.0 Å². The van der Waals surface area contributed by atoms with Crippen molar-refractivity contribution < 1.29 is 18.7 Å². The molecule has 2 amide bonds. The molecule has 0 aliphatic carbocycles. The molecule has 0 saturated carbocycles. The van der Waals surface area contributed by atoms with Gasteiger partial charge >= 0.3 is 0 Å². The van der Waals surface area contributed by atoms with E-state index in [1.807, 2.05) is 48.7 Å². The third-order valence-electron chi connectivity index (χ3n) is 7.28. The number of ether oxygens (including phenoxy) is 1. The Morgan fingerprint density at radius 2 is 1.89 bits per heavy atom. The molecule has 1 N–H and O–H groups in total. The highest BCUT2D eigenvalue weighted by Gasteiger charge is 2.38. The third kappa shape index (κ3) is 7.04. The molecule has 4 rings (SSSR count). The molecule has 0 spiro atoms. The second-order valence-electron chi connectivity index (χ2n) is 10.4. The molecule has 2 heterocycles. The number of likely N-dealkylation sites (tertiary alicyclic amines) is 1. The van der Waals surface area contributed by atoms with E-state index in [4.69, 9.17) is 4.74 Å². The van der Waals surface area contributed by atoms with Gasteiger partial charge in [0.25, 0.3) is 5.91 Å². The maximum absolute atomic E-state index is 15.2. The van der Waals surface area contributed by atoms with Crippen LogP contribution in [-0.4, -0.2) is 77.5 Å². The van der Waals surface area contributed by atoms with Gasteiger partial charge in [0.15, 0.2) is 0 Å². The maximum atomic E-state index is 15.2. The Labute approximate surface area is 229 Å². The molecule has 0 aromatic heterocycles. The predicted molar refractivity (Wildman–Crippen MR) is 153 cm³/mol. The Balaban J connectivity index is 1.44. The molecular weight excluding hydrogens is 501 g/mol. The van der Waals surface area contributed by atoms with Gasteiger partial charge in [0, 0.05) is 48.4 Å². The lowest BCUT2D eigenvalue weighted by Crippen LogP contribution is -2.44. The summed E-state index contributed by atoms with van der Waals surface area (Å²) in [5.74, 6) is 1.23. The standard InChI is InChI=1S/C30H38FN3O3S/c1-20(2)37-19-26-16-25(33-10-12-38-13-11-33)18-34(26)29(35)15-24-14-21(3)28(17-27(24)31)32-30(36)22(4)23-8-6-5-7-9-23/h5-9,14,17,20,25-26H,4,10-13,15-16,18-19H2,1-3H3,(H,32,36). The van der Waals surface area contributed by atoms with Crippen molar-refractivity contribution in [2.24, 2.45) is 0 Å². The number of hydrogen-bond donors (Lipinski definition) is 1. The van der Waals surface area contributed by atoms with Crippen LogP contribution in [-0.2, 0) is 20.7 Å². The molecule has 2 aliphatic heterocycles. The minimum atomic E-state index is -0.511. The van der Waals surface area contributed by atoms with E-state index in [1.165, 1.54) is 6.07 Å². The van der Waals surface area contributed by atoms with Crippen LogP contribution in [0.5, 0.6) is 0 Å². The first-order valence-corrected chi connectivity index (χ1v) is 14.5. The number of carbonyl (C=O) groups is 2. The van der Waals surface area contributed by atoms with Crippen LogP contribution in [0.2, 0.25) is 0 Å². The average molecular weight is 540 g/mol. The second-order valence-corrected chi connectivity index (χ2v) is 11.6. The average Bonchev–Trinajstić information content (AvgIpc) is 3.35. The molecule has 2 aromatic carbocycles. The number of halogens is 1. The van der Waals surface area contributed by atoms with E-state index in [2.05, 4.69) is 16.8 Å². The van der Waals surface area contributed by atoms with E-state index in [9.17, 15) is 9.59 Å². The molecule has 2 fully saturated rings. The van der Waals surface area contributed by atoms with Crippen LogP contribution < -0.4 is 5.32 Å². The van der Waals surface area contributed by atoms with Crippen molar-refractivity contribution in [3.63, 3.8) is 0 Å². The van der Waals surface area contributed by atoms with E-state index in [1.54, 1.807) is 25.1 Å². The lowest BCUT2D eigenvalue weighted by molar-refractivity contribution is -0.133. The van der Waals surface area contributed by atoms with Crippen LogP contribution in [0.15, 0.2) is 49.0 Å². The van der Waals surface area contributed by atoms with E-state index in [-0.39, 0.29) is 24.5 Å². The topological polar surface area (TPSA) is 61.9 Å². The van der Waals surface area contributed by atoms with Gasteiger partial charge in [-0.15, -0.1) is 0 Å². The van der Waals surface area contributed by atoms with Crippen molar-refractivity contribution >= 4 is 34.8 Å². The second kappa shape index (κ2) is 12.9. The Morgan fingerprint density at radius 3 is 2.58 bits per heavy atom. The van der Waals surface area contributed by atoms with Crippen molar-refractivity contribution in [1.82, 2.24) is 9.80 Å². The zero-order chi connectivity index (χ0) is 27.2. The van der Waals surface area contributed by atoms with Crippen molar-refractivity contribution in [3.05, 3.63) is 71.6 Å². The van der Waals surface area contributed by atoms with E-state index in [0.29, 0.717) is 47.1 Å². The number of nitrogens with zero attached hydrogens (tertiary/aromatic N) is 2. The van der Waals surface area contributed by atoms with Gasteiger partial charge in [-0.2, -0.15) is 11.8 Å². The number of hydrogen-bond acceptors (Lipinski definition) is 5. The summed E-state index contributed by atoms with van der Waals surface area (Å²) in [7, 11) is 0. The van der Waals surface area contributed by atoms with Crippen molar-refractivity contribution in [2.75, 3.05) is 43.1 Å². The smallest absolute Gasteiger partial charge is 0.255 e. The molecule has 2 saturated heterocycles. The molecule has 8 heteroatoms. The van der Waals surface area contributed by atoms with Gasteiger partial charge in [-0.25, -0.2) is 4.39 Å². The van der Waals surface area contributed by atoms with Gasteiger partial charge in [-0.3, -0.25) is 14.5 Å². The van der Waals surface area contributed by atoms with E-state index >= 15 is 4.39 Å². The monoisotopic (exact) mass is 539 g/mol. The molecule has 0 radical (unpaired) electrons. The fraction of sp³-hybridized carbons (Fsp3) is 0.467. The summed E-state index contributed by atoms with van der Waals surface area (Å²) in [5.41, 5.74) is 2.39. The molecule has 2 atom stereocenters. The minimum Gasteiger partial charge on any atom is -0.377 e. The number of aryl methyl sites for hydroxylation is 1. The lowest BCUT2D eigenvalue weighted by Gasteiger charge is -2.31. The molecule has 2 aromatic rings. The van der Waals surface area contributed by atoms with E-state index < -0.39 is 11.7 Å². The Bertz CT molecular complexity index is 1150. The lowest BCUT2D eigenvalue weighted by atomic mass is 10.0. The SMILES string of the molecule is C=C(C(=O)Nc1cc(F)c(CC(=O)N2CC(N3CCSCC3)CC2COC(C)C)cc1C)c1ccccc1. The predicted octanol–water partition coefficient (Wildman–Crippen LogP) is 4.77. The number of thioether (sulfide) groups is 1. The third-order valence-corrected chi connectivity index (χ3v) is 8.22. The van der Waals surface area contributed by atoms with Gasteiger partial charge in [-0.05, 0) is 49.9 Å². The highest BCUT2D eigenvalue weighted by molar-refractivity contribution is 7.99. The number of carbonyl (C=O) groups excluding carboxylic acids is 2. The molecule has 0 bridgehead atoms. The largest absolute Gasteiger partial charge is 0.377 e. The summed E-state index contributed by atoms with van der Waals surface area (Å²) in [4.78, 5) is 30.6. The zero-order valence-corrected chi connectivity index (χ0v) is 23.4. The first-order chi connectivity index (χ1) is 18.2. The summed E-state index contributed by atoms with van der Waals surface area (Å²) in [6.45, 7) is 12.9. The fourth-order valence-corrected chi connectivity index (χ4v) is 6.04. The Hall–Kier alpha value is -2.68. The Morgan fingerprint density at radius 1 is 1.18 bits per heavy atom. The molecular formula is C30H38FN3O3S. The Kier molecular flexibility index (Phi) is 9.63. The summed E-state index contributed by atoms with van der Waals surface area (Å²) < 4.78 is 21.1. The molecule has 2 aliphatic rings. The summed E-state index contributed by atoms with van der Waals surface area (Å²) in [5, 5.41) is 2.76. The molecule has 2 unspecified atom stereocenters. The molecule has 204 valence electrons. The maximum Gasteiger partial charge on any atom is 0.255 e. The van der Waals surface area contributed by atoms with Crippen LogP contribution in [0.3, 0.4) is 0 Å². The van der Waals surface area contributed by atoms with Crippen LogP contribution in [0.4, 0.5) is 10.1 Å². The summed E-state index contributed by atoms with van der Waals surface area (Å²) in [6, 6.07) is 12.4. The summed E-state index contributed by atoms with van der Waals surface area (Å²) >= 11 is 1.97. The van der Waals surface area contributed by atoms with Crippen molar-refractivity contribution in [3.8, 4) is 0 Å². The highest BCUT2D eigenvalue weighted by atomic mass is 32.2. The highest BCUT2D eigenvalue weighted by Crippen LogP contribution is 2.28. The first-order valence-electron chi connectivity index (χ1n) is 13.3. The number of benzene rings is 2. The van der Waals surface area contributed by atoms with Crippen molar-refractivity contribution in [1.29, 1.82) is 0 Å². The number of anilines is 1. The van der Waals surface area contributed by atoms with Gasteiger partial charge in [0.2, 0.25) is 5.91 Å². The minimum absolute atomic E-state index is 0.0174. The fourth-order valence-electron chi connectivity index (χ4n) is 5.11. The van der Waals surface area contributed by atoms with Crippen LogP contribution in [0.25, 0.3) is 5.57 Å². The van der Waals surface area contributed by atoms with Crippen LogP contribution in [0, 0.1) is 12.7 Å². The first kappa shape index (κ1) is 28.3.